The monoisotopic (exact) mass is 339 g/mol. The SMILES string of the molecule is CO[C@H](CO)[C@@H](O)[C@@H]1OC(O)(C(=O)O)C[C@H](O)[C@H]1NC(=O)CO. The molecule has 0 aromatic heterocycles. The first kappa shape index (κ1) is 19.7. The van der Waals surface area contributed by atoms with Gasteiger partial charge in [0.2, 0.25) is 5.91 Å². The molecule has 0 saturated carbocycles. The number of carboxylic acid groups (broad SMARTS) is 1. The van der Waals surface area contributed by atoms with Crippen molar-refractivity contribution in [3.8, 4) is 0 Å². The molecule has 0 radical (unpaired) electrons. The van der Waals surface area contributed by atoms with Crippen molar-refractivity contribution < 1.29 is 49.7 Å². The average Bonchev–Trinajstić information content (AvgIpc) is 2.50. The number of aliphatic carboxylic acids is 1. The van der Waals surface area contributed by atoms with E-state index >= 15 is 0 Å². The van der Waals surface area contributed by atoms with Crippen molar-refractivity contribution in [3.05, 3.63) is 0 Å². The summed E-state index contributed by atoms with van der Waals surface area (Å²) in [6, 6.07) is -1.34. The summed E-state index contributed by atoms with van der Waals surface area (Å²) >= 11 is 0. The first-order valence-corrected chi connectivity index (χ1v) is 6.73. The van der Waals surface area contributed by atoms with Crippen LogP contribution >= 0.6 is 0 Å². The van der Waals surface area contributed by atoms with Crippen LogP contribution in [0.2, 0.25) is 0 Å². The summed E-state index contributed by atoms with van der Waals surface area (Å²) in [4.78, 5) is 22.4. The first-order valence-electron chi connectivity index (χ1n) is 6.73. The van der Waals surface area contributed by atoms with Crippen molar-refractivity contribution in [1.82, 2.24) is 5.32 Å². The number of carbonyl (C=O) groups is 2. The minimum atomic E-state index is -2.79. The Morgan fingerprint density at radius 3 is 2.48 bits per heavy atom. The van der Waals surface area contributed by atoms with Gasteiger partial charge in [-0.15, -0.1) is 0 Å². The van der Waals surface area contributed by atoms with Gasteiger partial charge in [0.1, 0.15) is 24.9 Å². The Bertz CT molecular complexity index is 428. The molecule has 0 spiro atoms. The van der Waals surface area contributed by atoms with Gasteiger partial charge in [0, 0.05) is 13.5 Å². The molecule has 6 atom stereocenters. The van der Waals surface area contributed by atoms with Crippen LogP contribution < -0.4 is 5.32 Å². The molecule has 1 saturated heterocycles. The van der Waals surface area contributed by atoms with E-state index in [1.54, 1.807) is 0 Å². The minimum Gasteiger partial charge on any atom is -0.477 e. The lowest BCUT2D eigenvalue weighted by Gasteiger charge is -2.45. The number of amides is 1. The van der Waals surface area contributed by atoms with Crippen molar-refractivity contribution in [3.63, 3.8) is 0 Å². The van der Waals surface area contributed by atoms with Crippen molar-refractivity contribution in [2.75, 3.05) is 20.3 Å². The van der Waals surface area contributed by atoms with Gasteiger partial charge in [-0.3, -0.25) is 4.79 Å². The van der Waals surface area contributed by atoms with Crippen molar-refractivity contribution in [2.45, 2.75) is 42.7 Å². The van der Waals surface area contributed by atoms with Crippen molar-refractivity contribution in [1.29, 1.82) is 0 Å². The van der Waals surface area contributed by atoms with Gasteiger partial charge in [-0.1, -0.05) is 0 Å². The third kappa shape index (κ3) is 4.35. The fraction of sp³-hybridized carbons (Fsp3) is 0.833. The number of hydrogen-bond acceptors (Lipinski definition) is 9. The Hall–Kier alpha value is -1.34. The molecule has 23 heavy (non-hydrogen) atoms. The number of rotatable bonds is 7. The Balaban J connectivity index is 3.11. The summed E-state index contributed by atoms with van der Waals surface area (Å²) in [5.74, 6) is -5.49. The highest BCUT2D eigenvalue weighted by atomic mass is 16.7. The van der Waals surface area contributed by atoms with Gasteiger partial charge >= 0.3 is 5.97 Å². The molecule has 7 N–H and O–H groups in total. The first-order chi connectivity index (χ1) is 10.7. The molecule has 1 aliphatic heterocycles. The average molecular weight is 339 g/mol. The molecule has 0 aliphatic carbocycles. The molecule has 1 unspecified atom stereocenters. The van der Waals surface area contributed by atoms with Crippen LogP contribution in [-0.4, -0.2) is 99.1 Å². The summed E-state index contributed by atoms with van der Waals surface area (Å²) in [6.07, 6.45) is -6.91. The van der Waals surface area contributed by atoms with E-state index in [1.165, 1.54) is 0 Å². The summed E-state index contributed by atoms with van der Waals surface area (Å²) in [6.45, 7) is -1.58. The molecule has 1 amide bonds. The maximum Gasteiger partial charge on any atom is 0.364 e. The van der Waals surface area contributed by atoms with E-state index in [9.17, 15) is 24.9 Å². The molecule has 11 nitrogen and oxygen atoms in total. The molecule has 1 heterocycles. The van der Waals surface area contributed by atoms with Crippen LogP contribution in [0.1, 0.15) is 6.42 Å². The van der Waals surface area contributed by atoms with Crippen LogP contribution in [0.5, 0.6) is 0 Å². The number of hydrogen-bond donors (Lipinski definition) is 7. The van der Waals surface area contributed by atoms with Gasteiger partial charge < -0.3 is 45.4 Å². The minimum absolute atomic E-state index is 0.667. The third-order valence-electron chi connectivity index (χ3n) is 3.59. The standard InChI is InChI=1S/C12H21NO10/c1-22-6(3-14)9(18)10-8(13-7(17)4-15)5(16)2-12(21,23-10)11(19)20/h5-6,8-10,14-16,18,21H,2-4H2,1H3,(H,13,17)(H,19,20)/t5-,6+,8+,9+,10+,12?/m0/s1. The largest absolute Gasteiger partial charge is 0.477 e. The lowest BCUT2D eigenvalue weighted by Crippen LogP contribution is -2.67. The molecule has 1 aliphatic rings. The Morgan fingerprint density at radius 2 is 2.04 bits per heavy atom. The Labute approximate surface area is 131 Å². The summed E-state index contributed by atoms with van der Waals surface area (Å²) in [7, 11) is 1.16. The Kier molecular flexibility index (Phi) is 6.83. The zero-order valence-electron chi connectivity index (χ0n) is 12.3. The van der Waals surface area contributed by atoms with Crippen LogP contribution in [0, 0.1) is 0 Å². The number of aliphatic hydroxyl groups is 5. The summed E-state index contributed by atoms with van der Waals surface area (Å²) in [5, 5.41) is 59.2. The van der Waals surface area contributed by atoms with E-state index in [-0.39, 0.29) is 0 Å². The maximum atomic E-state index is 11.3. The van der Waals surface area contributed by atoms with E-state index in [4.69, 9.17) is 24.8 Å². The Morgan fingerprint density at radius 1 is 1.43 bits per heavy atom. The maximum absolute atomic E-state index is 11.3. The van der Waals surface area contributed by atoms with Gasteiger partial charge in [-0.25, -0.2) is 4.79 Å². The highest BCUT2D eigenvalue weighted by Crippen LogP contribution is 2.30. The van der Waals surface area contributed by atoms with Crippen LogP contribution in [0.4, 0.5) is 0 Å². The summed E-state index contributed by atoms with van der Waals surface area (Å²) < 4.78 is 9.77. The second-order valence-electron chi connectivity index (χ2n) is 5.14. The number of methoxy groups -OCH3 is 1. The number of nitrogens with one attached hydrogen (secondary N) is 1. The summed E-state index contributed by atoms with van der Waals surface area (Å²) in [5.41, 5.74) is 0. The van der Waals surface area contributed by atoms with Gasteiger partial charge in [0.05, 0.1) is 18.8 Å². The fourth-order valence-corrected chi connectivity index (χ4v) is 2.34. The second-order valence-corrected chi connectivity index (χ2v) is 5.14. The lowest BCUT2D eigenvalue weighted by atomic mass is 9.88. The van der Waals surface area contributed by atoms with E-state index in [0.717, 1.165) is 7.11 Å². The zero-order valence-corrected chi connectivity index (χ0v) is 12.3. The highest BCUT2D eigenvalue weighted by Gasteiger charge is 2.54. The van der Waals surface area contributed by atoms with Gasteiger partial charge in [-0.05, 0) is 0 Å². The van der Waals surface area contributed by atoms with Crippen LogP contribution in [0.3, 0.4) is 0 Å². The predicted octanol–water partition coefficient (Wildman–Crippen LogP) is -4.25. The second kappa shape index (κ2) is 7.97. The lowest BCUT2D eigenvalue weighted by molar-refractivity contribution is -0.295. The van der Waals surface area contributed by atoms with E-state index < -0.39 is 67.8 Å². The van der Waals surface area contributed by atoms with Crippen molar-refractivity contribution in [2.24, 2.45) is 0 Å². The van der Waals surface area contributed by atoms with Gasteiger partial charge in [0.15, 0.2) is 0 Å². The molecule has 11 heteroatoms. The van der Waals surface area contributed by atoms with Crippen LogP contribution in [0.15, 0.2) is 0 Å². The quantitative estimate of drug-likeness (QED) is 0.239. The zero-order chi connectivity index (χ0) is 17.8. The molecule has 0 bridgehead atoms. The number of ether oxygens (including phenoxy) is 2. The normalized spacial score (nSPS) is 33.7. The van der Waals surface area contributed by atoms with Crippen LogP contribution in [0.25, 0.3) is 0 Å². The smallest absolute Gasteiger partial charge is 0.364 e. The molecular formula is C12H21NO10. The molecule has 0 aromatic carbocycles. The number of carbonyl (C=O) groups excluding carboxylic acids is 1. The van der Waals surface area contributed by atoms with E-state index in [2.05, 4.69) is 5.32 Å². The molecular weight excluding hydrogens is 318 g/mol. The van der Waals surface area contributed by atoms with E-state index in [0.29, 0.717) is 0 Å². The molecule has 1 fully saturated rings. The molecule has 1 rings (SSSR count). The van der Waals surface area contributed by atoms with Crippen LogP contribution in [-0.2, 0) is 19.1 Å². The molecule has 134 valence electrons. The topological polar surface area (TPSA) is 186 Å². The molecule has 0 aromatic rings. The van der Waals surface area contributed by atoms with E-state index in [1.807, 2.05) is 0 Å². The third-order valence-corrected chi connectivity index (χ3v) is 3.59. The van der Waals surface area contributed by atoms with Crippen molar-refractivity contribution >= 4 is 11.9 Å². The fourth-order valence-electron chi connectivity index (χ4n) is 2.34. The number of aliphatic hydroxyl groups excluding tert-OH is 4. The van der Waals surface area contributed by atoms with Gasteiger partial charge in [-0.2, -0.15) is 0 Å². The predicted molar refractivity (Wildman–Crippen MR) is 71.0 cm³/mol. The highest BCUT2D eigenvalue weighted by molar-refractivity contribution is 5.78. The number of carboxylic acids is 1. The van der Waals surface area contributed by atoms with Gasteiger partial charge in [0.25, 0.3) is 5.79 Å².